The largest absolute Gasteiger partial charge is 0.363 e. The Hall–Kier alpha value is -1.09. The van der Waals surface area contributed by atoms with Gasteiger partial charge in [0.05, 0.1) is 0 Å². The van der Waals surface area contributed by atoms with Gasteiger partial charge < -0.3 is 4.90 Å². The van der Waals surface area contributed by atoms with Gasteiger partial charge in [-0.15, -0.1) is 0 Å². The summed E-state index contributed by atoms with van der Waals surface area (Å²) in [7, 11) is 5.10. The fourth-order valence-electron chi connectivity index (χ4n) is 1.26. The zero-order valence-electron chi connectivity index (χ0n) is 8.49. The lowest BCUT2D eigenvalue weighted by atomic mass is 10.2. The molecule has 0 fully saturated rings. The summed E-state index contributed by atoms with van der Waals surface area (Å²) in [6.07, 6.45) is 1.11. The van der Waals surface area contributed by atoms with Crippen LogP contribution in [-0.2, 0) is 0 Å². The Morgan fingerprint density at radius 3 is 2.46 bits per heavy atom. The van der Waals surface area contributed by atoms with Gasteiger partial charge in [0, 0.05) is 36.1 Å². The van der Waals surface area contributed by atoms with Crippen LogP contribution in [0.15, 0.2) is 35.3 Å². The molecule has 1 aromatic carbocycles. The minimum Gasteiger partial charge on any atom is -0.363 e. The molecule has 0 aliphatic rings. The second-order valence-electron chi connectivity index (χ2n) is 2.93. The molecule has 3 heteroatoms. The quantitative estimate of drug-likeness (QED) is 0.374. The van der Waals surface area contributed by atoms with E-state index >= 15 is 0 Å². The van der Waals surface area contributed by atoms with Crippen LogP contribution in [0.1, 0.15) is 5.56 Å². The first-order chi connectivity index (χ1) is 6.29. The lowest BCUT2D eigenvalue weighted by Crippen LogP contribution is -2.28. The number of nitrogens with zero attached hydrogens (tertiary/aromatic N) is 2. The van der Waals surface area contributed by atoms with Crippen LogP contribution in [0, 0.1) is 0 Å². The summed E-state index contributed by atoms with van der Waals surface area (Å²) in [4.78, 5) is 6.49. The van der Waals surface area contributed by atoms with E-state index in [0.717, 1.165) is 12.0 Å². The van der Waals surface area contributed by atoms with Gasteiger partial charge in [0.2, 0.25) is 0 Å². The fraction of sp³-hybridized carbons (Fsp3) is 0.300. The van der Waals surface area contributed by atoms with Crippen LogP contribution in [0.3, 0.4) is 0 Å². The number of aliphatic imine (C=N–C) groups is 1. The molecule has 0 radical (unpaired) electrons. The van der Waals surface area contributed by atoms with Crippen molar-refractivity contribution in [3.8, 4) is 0 Å². The molecular formula is C10H16N2Si. The summed E-state index contributed by atoms with van der Waals surface area (Å²) in [5.74, 6) is 1.08. The van der Waals surface area contributed by atoms with Crippen molar-refractivity contribution in [2.75, 3.05) is 20.3 Å². The smallest absolute Gasteiger partial charge is 0.130 e. The predicted molar refractivity (Wildman–Crippen MR) is 61.5 cm³/mol. The lowest BCUT2D eigenvalue weighted by Gasteiger charge is -2.18. The molecule has 13 heavy (non-hydrogen) atoms. The van der Waals surface area contributed by atoms with Gasteiger partial charge in [-0.1, -0.05) is 30.3 Å². The van der Waals surface area contributed by atoms with Gasteiger partial charge in [0.25, 0.3) is 0 Å². The monoisotopic (exact) mass is 192 g/mol. The molecule has 0 atom stereocenters. The van der Waals surface area contributed by atoms with Crippen molar-refractivity contribution in [1.29, 1.82) is 0 Å². The summed E-state index contributed by atoms with van der Waals surface area (Å²) in [6, 6.07) is 10.3. The summed E-state index contributed by atoms with van der Waals surface area (Å²) in [5.41, 5.74) is 1.20. The average molecular weight is 192 g/mol. The number of benzene rings is 1. The van der Waals surface area contributed by atoms with Crippen LogP contribution in [-0.4, -0.2) is 41.2 Å². The molecule has 2 nitrogen and oxygen atoms in total. The maximum Gasteiger partial charge on any atom is 0.130 e. The van der Waals surface area contributed by atoms with E-state index in [0.29, 0.717) is 0 Å². The van der Waals surface area contributed by atoms with Crippen LogP contribution in [0.2, 0.25) is 0 Å². The SMILES string of the molecule is CN=C(c1ccccc1)N(C)C[SiH3]. The molecule has 0 unspecified atom stereocenters. The van der Waals surface area contributed by atoms with Crippen LogP contribution in [0.4, 0.5) is 0 Å². The predicted octanol–water partition coefficient (Wildman–Crippen LogP) is 0.318. The topological polar surface area (TPSA) is 15.6 Å². The minimum atomic E-state index is 1.08. The first-order valence-corrected chi connectivity index (χ1v) is 5.94. The number of amidine groups is 1. The molecule has 70 valence electrons. The highest BCUT2D eigenvalue weighted by Gasteiger charge is 2.04. The van der Waals surface area contributed by atoms with Gasteiger partial charge in [-0.05, 0) is 0 Å². The van der Waals surface area contributed by atoms with Crippen molar-refractivity contribution in [3.63, 3.8) is 0 Å². The third-order valence-electron chi connectivity index (χ3n) is 2.08. The zero-order chi connectivity index (χ0) is 9.68. The second-order valence-corrected chi connectivity index (χ2v) is 3.56. The third kappa shape index (κ3) is 2.42. The van der Waals surface area contributed by atoms with Crippen molar-refractivity contribution < 1.29 is 0 Å². The van der Waals surface area contributed by atoms with E-state index < -0.39 is 0 Å². The molecule has 0 amide bonds. The van der Waals surface area contributed by atoms with Crippen LogP contribution in [0.25, 0.3) is 0 Å². The highest BCUT2D eigenvalue weighted by Crippen LogP contribution is 2.03. The van der Waals surface area contributed by atoms with E-state index in [-0.39, 0.29) is 0 Å². The highest BCUT2D eigenvalue weighted by molar-refractivity contribution is 6.11. The molecule has 0 N–H and O–H groups in total. The third-order valence-corrected chi connectivity index (χ3v) is 3.03. The molecule has 0 spiro atoms. The average Bonchev–Trinajstić information content (AvgIpc) is 2.20. The van der Waals surface area contributed by atoms with E-state index in [2.05, 4.69) is 29.1 Å². The van der Waals surface area contributed by atoms with Gasteiger partial charge in [0.15, 0.2) is 0 Å². The Balaban J connectivity index is 2.93. The zero-order valence-corrected chi connectivity index (χ0v) is 10.5. The molecule has 0 aliphatic carbocycles. The fourth-order valence-corrected chi connectivity index (χ4v) is 1.56. The Morgan fingerprint density at radius 1 is 1.38 bits per heavy atom. The number of rotatable bonds is 2. The van der Waals surface area contributed by atoms with Crippen molar-refractivity contribution >= 4 is 16.1 Å². The van der Waals surface area contributed by atoms with Crippen molar-refractivity contribution in [1.82, 2.24) is 4.90 Å². The van der Waals surface area contributed by atoms with E-state index in [9.17, 15) is 0 Å². The summed E-state index contributed by atoms with van der Waals surface area (Å²) in [5, 5.41) is 0. The molecule has 0 aromatic heterocycles. The van der Waals surface area contributed by atoms with Gasteiger partial charge in [-0.25, -0.2) is 0 Å². The maximum absolute atomic E-state index is 4.29. The molecule has 0 saturated heterocycles. The first kappa shape index (κ1) is 9.99. The Morgan fingerprint density at radius 2 is 2.00 bits per heavy atom. The molecule has 0 aliphatic heterocycles. The highest BCUT2D eigenvalue weighted by atomic mass is 28.1. The summed E-state index contributed by atoms with van der Waals surface area (Å²) in [6.45, 7) is 0. The van der Waals surface area contributed by atoms with Crippen LogP contribution < -0.4 is 0 Å². The normalized spacial score (nSPS) is 11.7. The van der Waals surface area contributed by atoms with Gasteiger partial charge >= 0.3 is 0 Å². The molecule has 0 bridgehead atoms. The molecular weight excluding hydrogens is 176 g/mol. The van der Waals surface area contributed by atoms with Gasteiger partial charge in [-0.2, -0.15) is 0 Å². The standard InChI is InChI=1S/C10H16N2Si/c1-11-10(12(2)8-13)9-6-4-3-5-7-9/h3-7H,8H2,1-2,13H3. The lowest BCUT2D eigenvalue weighted by molar-refractivity contribution is 0.593. The van der Waals surface area contributed by atoms with Crippen LogP contribution >= 0.6 is 0 Å². The van der Waals surface area contributed by atoms with Gasteiger partial charge in [0.1, 0.15) is 5.84 Å². The van der Waals surface area contributed by atoms with E-state index in [4.69, 9.17) is 0 Å². The summed E-state index contributed by atoms with van der Waals surface area (Å²) >= 11 is 0. The van der Waals surface area contributed by atoms with Crippen molar-refractivity contribution in [2.24, 2.45) is 4.99 Å². The molecule has 0 saturated carbocycles. The second kappa shape index (κ2) is 4.82. The Kier molecular flexibility index (Phi) is 3.70. The van der Waals surface area contributed by atoms with Crippen molar-refractivity contribution in [3.05, 3.63) is 35.9 Å². The maximum atomic E-state index is 4.29. The minimum absolute atomic E-state index is 1.08. The first-order valence-electron chi connectivity index (χ1n) is 4.53. The number of hydrogen-bond donors (Lipinski definition) is 0. The molecule has 1 aromatic rings. The van der Waals surface area contributed by atoms with E-state index in [1.165, 1.54) is 15.8 Å². The van der Waals surface area contributed by atoms with Crippen molar-refractivity contribution in [2.45, 2.75) is 0 Å². The Bertz CT molecular complexity index is 282. The molecule has 0 heterocycles. The van der Waals surface area contributed by atoms with Gasteiger partial charge in [-0.3, -0.25) is 4.99 Å². The summed E-state index contributed by atoms with van der Waals surface area (Å²) < 4.78 is 0. The van der Waals surface area contributed by atoms with E-state index in [1.54, 1.807) is 0 Å². The van der Waals surface area contributed by atoms with E-state index in [1.807, 2.05) is 25.2 Å². The molecule has 1 rings (SSSR count). The van der Waals surface area contributed by atoms with Crippen LogP contribution in [0.5, 0.6) is 0 Å². The number of hydrogen-bond acceptors (Lipinski definition) is 1. The Labute approximate surface area is 82.7 Å².